The normalized spacial score (nSPS) is 13.0. The first-order chi connectivity index (χ1) is 10.6. The minimum atomic E-state index is -0.416. The van der Waals surface area contributed by atoms with Crippen molar-refractivity contribution in [3.8, 4) is 0 Å². The average molecular weight is 300 g/mol. The molecule has 1 N–H and O–H groups in total. The fourth-order valence-corrected chi connectivity index (χ4v) is 2.90. The van der Waals surface area contributed by atoms with E-state index in [1.165, 1.54) is 7.11 Å². The van der Waals surface area contributed by atoms with Crippen molar-refractivity contribution in [2.75, 3.05) is 7.11 Å². The number of aromatic amines is 1. The third kappa shape index (κ3) is 2.47. The molecule has 0 bridgehead atoms. The third-order valence-electron chi connectivity index (χ3n) is 3.94. The fraction of sp³-hybridized carbons (Fsp3) is 0.312. The SMILES string of the molecule is COC(=O)c1cccc(Cn2c3c(c(=O)[nH]c2=O)CCC3)c1. The number of aromatic nitrogens is 2. The Morgan fingerprint density at radius 2 is 2.14 bits per heavy atom. The van der Waals surface area contributed by atoms with Crippen LogP contribution in [-0.2, 0) is 24.1 Å². The minimum absolute atomic E-state index is 0.280. The molecule has 0 saturated carbocycles. The van der Waals surface area contributed by atoms with Crippen molar-refractivity contribution in [3.05, 3.63) is 67.5 Å². The van der Waals surface area contributed by atoms with Crippen LogP contribution >= 0.6 is 0 Å². The molecule has 0 fully saturated rings. The number of hydrogen-bond acceptors (Lipinski definition) is 4. The van der Waals surface area contributed by atoms with Gasteiger partial charge < -0.3 is 4.74 Å². The summed E-state index contributed by atoms with van der Waals surface area (Å²) in [5, 5.41) is 0. The number of nitrogens with one attached hydrogen (secondary N) is 1. The maximum absolute atomic E-state index is 12.1. The van der Waals surface area contributed by atoms with Gasteiger partial charge in [0.1, 0.15) is 0 Å². The van der Waals surface area contributed by atoms with E-state index >= 15 is 0 Å². The monoisotopic (exact) mass is 300 g/mol. The summed E-state index contributed by atoms with van der Waals surface area (Å²) >= 11 is 0. The Morgan fingerprint density at radius 3 is 2.91 bits per heavy atom. The van der Waals surface area contributed by atoms with E-state index in [4.69, 9.17) is 4.74 Å². The second-order valence-corrected chi connectivity index (χ2v) is 5.32. The van der Waals surface area contributed by atoms with Gasteiger partial charge in [0.15, 0.2) is 0 Å². The molecule has 1 aliphatic carbocycles. The molecule has 0 amide bonds. The second kappa shape index (κ2) is 5.63. The minimum Gasteiger partial charge on any atom is -0.465 e. The number of ether oxygens (including phenoxy) is 1. The van der Waals surface area contributed by atoms with Crippen molar-refractivity contribution in [2.45, 2.75) is 25.8 Å². The first-order valence-corrected chi connectivity index (χ1v) is 7.12. The second-order valence-electron chi connectivity index (χ2n) is 5.32. The zero-order chi connectivity index (χ0) is 15.7. The van der Waals surface area contributed by atoms with Gasteiger partial charge in [-0.25, -0.2) is 9.59 Å². The molecule has 6 heteroatoms. The van der Waals surface area contributed by atoms with Crippen LogP contribution in [0.1, 0.15) is 33.6 Å². The number of carbonyl (C=O) groups excluding carboxylic acids is 1. The van der Waals surface area contributed by atoms with Gasteiger partial charge in [0, 0.05) is 11.3 Å². The number of nitrogens with zero attached hydrogens (tertiary/aromatic N) is 1. The fourth-order valence-electron chi connectivity index (χ4n) is 2.90. The largest absolute Gasteiger partial charge is 0.465 e. The molecule has 114 valence electrons. The Labute approximate surface area is 126 Å². The van der Waals surface area contributed by atoms with E-state index in [2.05, 4.69) is 4.98 Å². The van der Waals surface area contributed by atoms with E-state index in [1.54, 1.807) is 22.8 Å². The van der Waals surface area contributed by atoms with Crippen LogP contribution in [-0.4, -0.2) is 22.6 Å². The van der Waals surface area contributed by atoms with E-state index in [-0.39, 0.29) is 5.56 Å². The third-order valence-corrected chi connectivity index (χ3v) is 3.94. The number of rotatable bonds is 3. The summed E-state index contributed by atoms with van der Waals surface area (Å²) in [5.74, 6) is -0.416. The number of hydrogen-bond donors (Lipinski definition) is 1. The van der Waals surface area contributed by atoms with Crippen molar-refractivity contribution in [2.24, 2.45) is 0 Å². The highest BCUT2D eigenvalue weighted by Crippen LogP contribution is 2.18. The van der Waals surface area contributed by atoms with Gasteiger partial charge in [-0.05, 0) is 37.0 Å². The topological polar surface area (TPSA) is 81.2 Å². The number of H-pyrrole nitrogens is 1. The molecule has 1 aliphatic rings. The van der Waals surface area contributed by atoms with Crippen LogP contribution < -0.4 is 11.2 Å². The Kier molecular flexibility index (Phi) is 3.66. The van der Waals surface area contributed by atoms with Crippen molar-refractivity contribution in [1.29, 1.82) is 0 Å². The Morgan fingerprint density at radius 1 is 1.32 bits per heavy atom. The van der Waals surface area contributed by atoms with Crippen LogP contribution in [0.4, 0.5) is 0 Å². The predicted octanol–water partition coefficient (Wildman–Crippen LogP) is 0.860. The molecule has 1 heterocycles. The van der Waals surface area contributed by atoms with Gasteiger partial charge in [-0.2, -0.15) is 0 Å². The summed E-state index contributed by atoms with van der Waals surface area (Å²) in [6.07, 6.45) is 2.31. The van der Waals surface area contributed by atoms with Gasteiger partial charge in [-0.3, -0.25) is 14.3 Å². The highest BCUT2D eigenvalue weighted by molar-refractivity contribution is 5.89. The zero-order valence-corrected chi connectivity index (χ0v) is 12.2. The van der Waals surface area contributed by atoms with Crippen LogP contribution in [0, 0.1) is 0 Å². The lowest BCUT2D eigenvalue weighted by Gasteiger charge is -2.11. The zero-order valence-electron chi connectivity index (χ0n) is 12.2. The summed E-state index contributed by atoms with van der Waals surface area (Å²) in [6, 6.07) is 6.95. The molecule has 0 radical (unpaired) electrons. The van der Waals surface area contributed by atoms with Gasteiger partial charge in [0.2, 0.25) is 0 Å². The van der Waals surface area contributed by atoms with Crippen LogP contribution in [0.25, 0.3) is 0 Å². The van der Waals surface area contributed by atoms with E-state index in [0.717, 1.165) is 24.1 Å². The summed E-state index contributed by atoms with van der Waals surface area (Å²) in [4.78, 5) is 37.8. The number of carbonyl (C=O) groups is 1. The van der Waals surface area contributed by atoms with Crippen LogP contribution in [0.15, 0.2) is 33.9 Å². The molecule has 1 aromatic heterocycles. The molecule has 2 aromatic rings. The molecule has 0 spiro atoms. The van der Waals surface area contributed by atoms with Crippen molar-refractivity contribution >= 4 is 5.97 Å². The lowest BCUT2D eigenvalue weighted by molar-refractivity contribution is 0.0600. The molecule has 3 rings (SSSR count). The van der Waals surface area contributed by atoms with Gasteiger partial charge in [0.05, 0.1) is 19.2 Å². The summed E-state index contributed by atoms with van der Waals surface area (Å²) < 4.78 is 6.28. The Balaban J connectivity index is 2.01. The number of fused-ring (bicyclic) bond motifs is 1. The molecule has 0 atom stereocenters. The molecule has 6 nitrogen and oxygen atoms in total. The highest BCUT2D eigenvalue weighted by atomic mass is 16.5. The Bertz CT molecular complexity index is 848. The summed E-state index contributed by atoms with van der Waals surface area (Å²) in [6.45, 7) is 0.322. The van der Waals surface area contributed by atoms with Crippen molar-refractivity contribution < 1.29 is 9.53 Å². The predicted molar refractivity (Wildman–Crippen MR) is 80.2 cm³/mol. The maximum Gasteiger partial charge on any atom is 0.337 e. The molecular formula is C16H16N2O4. The molecular weight excluding hydrogens is 284 g/mol. The number of esters is 1. The number of benzene rings is 1. The van der Waals surface area contributed by atoms with E-state index in [0.29, 0.717) is 24.1 Å². The quantitative estimate of drug-likeness (QED) is 0.852. The van der Waals surface area contributed by atoms with Gasteiger partial charge in [-0.15, -0.1) is 0 Å². The standard InChI is InChI=1S/C16H16N2O4/c1-22-15(20)11-5-2-4-10(8-11)9-18-13-7-3-6-12(13)14(19)17-16(18)21/h2,4-5,8H,3,6-7,9H2,1H3,(H,17,19,21). The summed E-state index contributed by atoms with van der Waals surface area (Å²) in [5.41, 5.74) is 2.06. The van der Waals surface area contributed by atoms with Gasteiger partial charge in [-0.1, -0.05) is 12.1 Å². The summed E-state index contributed by atoms with van der Waals surface area (Å²) in [7, 11) is 1.33. The highest BCUT2D eigenvalue weighted by Gasteiger charge is 2.20. The maximum atomic E-state index is 12.1. The number of methoxy groups -OCH3 is 1. The first-order valence-electron chi connectivity index (χ1n) is 7.12. The molecule has 1 aromatic carbocycles. The lowest BCUT2D eigenvalue weighted by atomic mass is 10.1. The smallest absolute Gasteiger partial charge is 0.337 e. The van der Waals surface area contributed by atoms with Gasteiger partial charge >= 0.3 is 11.7 Å². The van der Waals surface area contributed by atoms with Gasteiger partial charge in [0.25, 0.3) is 5.56 Å². The van der Waals surface area contributed by atoms with E-state index in [1.807, 2.05) is 6.07 Å². The van der Waals surface area contributed by atoms with E-state index in [9.17, 15) is 14.4 Å². The van der Waals surface area contributed by atoms with Crippen LogP contribution in [0.5, 0.6) is 0 Å². The lowest BCUT2D eigenvalue weighted by Crippen LogP contribution is -2.34. The van der Waals surface area contributed by atoms with E-state index < -0.39 is 11.7 Å². The van der Waals surface area contributed by atoms with Crippen molar-refractivity contribution in [3.63, 3.8) is 0 Å². The van der Waals surface area contributed by atoms with Crippen LogP contribution in [0.3, 0.4) is 0 Å². The molecule has 22 heavy (non-hydrogen) atoms. The molecule has 0 saturated heterocycles. The molecule has 0 unspecified atom stereocenters. The first kappa shape index (κ1) is 14.3. The van der Waals surface area contributed by atoms with Crippen LogP contribution in [0.2, 0.25) is 0 Å². The Hall–Kier alpha value is -2.63. The van der Waals surface area contributed by atoms with Crippen molar-refractivity contribution in [1.82, 2.24) is 9.55 Å². The molecule has 0 aliphatic heterocycles. The average Bonchev–Trinajstić information content (AvgIpc) is 3.01.